The molecule has 2 heterocycles. The summed E-state index contributed by atoms with van der Waals surface area (Å²) in [5.41, 5.74) is -1.72. The number of H-pyrrole nitrogens is 1. The van der Waals surface area contributed by atoms with E-state index in [1.807, 2.05) is 4.98 Å². The molecule has 13 heteroatoms. The highest BCUT2D eigenvalue weighted by Gasteiger charge is 2.40. The van der Waals surface area contributed by atoms with Crippen molar-refractivity contribution in [3.8, 4) is 12.3 Å². The molecule has 0 bridgehead atoms. The van der Waals surface area contributed by atoms with Crippen LogP contribution in [0.3, 0.4) is 0 Å². The maximum Gasteiger partial charge on any atom is 0.330 e. The fourth-order valence-electron chi connectivity index (χ4n) is 2.34. The first kappa shape index (κ1) is 20.3. The summed E-state index contributed by atoms with van der Waals surface area (Å²) in [6.07, 6.45) is 4.53. The molecule has 1 aliphatic rings. The molecular weight excluding hydrogens is 392 g/mol. The summed E-state index contributed by atoms with van der Waals surface area (Å²) in [5, 5.41) is 0. The number of terminal acetylenes is 1. The zero-order chi connectivity index (χ0) is 19.7. The van der Waals surface area contributed by atoms with Crippen molar-refractivity contribution in [2.24, 2.45) is 0 Å². The third-order valence-electron chi connectivity index (χ3n) is 3.36. The Balaban J connectivity index is 2.33. The maximum absolute atomic E-state index is 12.0. The fraction of sp³-hybridized carbons (Fsp3) is 0.538. The molecule has 2 rings (SSSR count). The molecule has 1 fully saturated rings. The summed E-state index contributed by atoms with van der Waals surface area (Å²) in [4.78, 5) is 25.5. The van der Waals surface area contributed by atoms with E-state index < -0.39 is 56.5 Å². The number of aromatic amines is 1. The molecule has 1 aromatic rings. The van der Waals surface area contributed by atoms with Crippen LogP contribution in [-0.4, -0.2) is 57.7 Å². The van der Waals surface area contributed by atoms with E-state index in [-0.39, 0.29) is 12.0 Å². The number of hydrogen-bond acceptors (Lipinski definition) is 9. The normalized spacial score (nSPS) is 23.7. The van der Waals surface area contributed by atoms with Gasteiger partial charge in [0.2, 0.25) is 0 Å². The quantitative estimate of drug-likeness (QED) is 0.421. The smallest absolute Gasteiger partial charge is 0.330 e. The lowest BCUT2D eigenvalue weighted by molar-refractivity contribution is -0.0352. The average molecular weight is 408 g/mol. The Morgan fingerprint density at radius 2 is 1.96 bits per heavy atom. The Hall–Kier alpha value is -1.98. The largest absolute Gasteiger partial charge is 0.349 e. The standard InChI is InChI=1S/C13H16N2O9S2/c1-4-8-6-15(13(17)14-12(8)16)11-5-9(24-26(3,20)21)10(23-11)7-22-25(2,18)19/h1,6,9-11H,5,7H2,2-3H3,(H,14,16,17)/t9-,10+,11+/m0/s1. The zero-order valence-corrected chi connectivity index (χ0v) is 15.4. The van der Waals surface area contributed by atoms with Crippen LogP contribution in [0.4, 0.5) is 0 Å². The summed E-state index contributed by atoms with van der Waals surface area (Å²) >= 11 is 0. The van der Waals surface area contributed by atoms with Crippen LogP contribution in [0.25, 0.3) is 0 Å². The Morgan fingerprint density at radius 3 is 2.50 bits per heavy atom. The van der Waals surface area contributed by atoms with Crippen molar-refractivity contribution in [2.75, 3.05) is 19.1 Å². The van der Waals surface area contributed by atoms with Crippen molar-refractivity contribution in [1.29, 1.82) is 0 Å². The summed E-state index contributed by atoms with van der Waals surface area (Å²) in [5.74, 6) is 2.10. The van der Waals surface area contributed by atoms with Crippen LogP contribution in [-0.2, 0) is 33.3 Å². The first-order valence-corrected chi connectivity index (χ1v) is 10.7. The monoisotopic (exact) mass is 408 g/mol. The average Bonchev–Trinajstić information content (AvgIpc) is 2.85. The van der Waals surface area contributed by atoms with Crippen LogP contribution in [0.2, 0.25) is 0 Å². The maximum atomic E-state index is 12.0. The van der Waals surface area contributed by atoms with Crippen molar-refractivity contribution in [1.82, 2.24) is 9.55 Å². The van der Waals surface area contributed by atoms with Gasteiger partial charge in [0.15, 0.2) is 0 Å². The summed E-state index contributed by atoms with van der Waals surface area (Å²) < 4.78 is 61.1. The first-order chi connectivity index (χ1) is 11.9. The number of rotatable bonds is 6. The van der Waals surface area contributed by atoms with Crippen molar-refractivity contribution >= 4 is 20.2 Å². The van der Waals surface area contributed by atoms with E-state index in [9.17, 15) is 26.4 Å². The molecule has 26 heavy (non-hydrogen) atoms. The Labute approximate surface area is 149 Å². The van der Waals surface area contributed by atoms with Gasteiger partial charge in [-0.15, -0.1) is 6.42 Å². The van der Waals surface area contributed by atoms with E-state index in [1.54, 1.807) is 0 Å². The van der Waals surface area contributed by atoms with E-state index in [0.29, 0.717) is 0 Å². The van der Waals surface area contributed by atoms with Crippen LogP contribution in [0, 0.1) is 12.3 Å². The van der Waals surface area contributed by atoms with Gasteiger partial charge in [0, 0.05) is 12.6 Å². The van der Waals surface area contributed by atoms with Crippen molar-refractivity contribution < 1.29 is 29.9 Å². The number of hydrogen-bond donors (Lipinski definition) is 1. The molecule has 0 saturated carbocycles. The van der Waals surface area contributed by atoms with E-state index in [2.05, 4.69) is 10.1 Å². The third-order valence-corrected chi connectivity index (χ3v) is 4.52. The molecule has 1 N–H and O–H groups in total. The predicted octanol–water partition coefficient (Wildman–Crippen LogP) is -1.87. The minimum absolute atomic E-state index is 0.124. The zero-order valence-electron chi connectivity index (χ0n) is 13.7. The molecule has 1 aliphatic heterocycles. The van der Waals surface area contributed by atoms with Crippen LogP contribution in [0.1, 0.15) is 18.2 Å². The van der Waals surface area contributed by atoms with E-state index in [1.165, 1.54) is 0 Å². The van der Waals surface area contributed by atoms with Gasteiger partial charge in [0.25, 0.3) is 25.8 Å². The molecule has 0 aliphatic carbocycles. The SMILES string of the molecule is C#Cc1cn([C@H]2C[C@H](OS(C)(=O)=O)[C@@H](COS(C)(=O)=O)O2)c(=O)[nH]c1=O. The molecule has 0 spiro atoms. The van der Waals surface area contributed by atoms with Gasteiger partial charge < -0.3 is 4.74 Å². The summed E-state index contributed by atoms with van der Waals surface area (Å²) in [6, 6.07) is 0. The van der Waals surface area contributed by atoms with Crippen molar-refractivity contribution in [3.05, 3.63) is 32.6 Å². The van der Waals surface area contributed by atoms with Crippen molar-refractivity contribution in [3.63, 3.8) is 0 Å². The molecular formula is C13H16N2O9S2. The highest BCUT2D eigenvalue weighted by Crippen LogP contribution is 2.31. The molecule has 144 valence electrons. The lowest BCUT2D eigenvalue weighted by Crippen LogP contribution is -2.34. The van der Waals surface area contributed by atoms with Crippen LogP contribution < -0.4 is 11.2 Å². The van der Waals surface area contributed by atoms with Gasteiger partial charge in [-0.2, -0.15) is 16.8 Å². The van der Waals surface area contributed by atoms with Gasteiger partial charge in [-0.05, 0) is 0 Å². The van der Waals surface area contributed by atoms with Crippen LogP contribution >= 0.6 is 0 Å². The molecule has 11 nitrogen and oxygen atoms in total. The second-order valence-electron chi connectivity index (χ2n) is 5.55. The highest BCUT2D eigenvalue weighted by atomic mass is 32.2. The van der Waals surface area contributed by atoms with E-state index >= 15 is 0 Å². The molecule has 1 aromatic heterocycles. The van der Waals surface area contributed by atoms with E-state index in [4.69, 9.17) is 15.3 Å². The van der Waals surface area contributed by atoms with Crippen LogP contribution in [0.5, 0.6) is 0 Å². The number of ether oxygens (including phenoxy) is 1. The molecule has 0 unspecified atom stereocenters. The molecule has 0 aromatic carbocycles. The Bertz CT molecular complexity index is 1050. The predicted molar refractivity (Wildman–Crippen MR) is 88.3 cm³/mol. The Morgan fingerprint density at radius 1 is 1.31 bits per heavy atom. The molecule has 1 saturated heterocycles. The number of aromatic nitrogens is 2. The minimum Gasteiger partial charge on any atom is -0.349 e. The van der Waals surface area contributed by atoms with Gasteiger partial charge in [0.1, 0.15) is 24.0 Å². The number of nitrogens with one attached hydrogen (secondary N) is 1. The number of nitrogens with zero attached hydrogens (tertiary/aromatic N) is 1. The minimum atomic E-state index is -3.89. The van der Waals surface area contributed by atoms with E-state index in [0.717, 1.165) is 23.3 Å². The topological polar surface area (TPSA) is 151 Å². The van der Waals surface area contributed by atoms with Gasteiger partial charge in [-0.3, -0.25) is 22.7 Å². The van der Waals surface area contributed by atoms with Gasteiger partial charge in [-0.25, -0.2) is 4.79 Å². The second kappa shape index (κ2) is 7.33. The van der Waals surface area contributed by atoms with Crippen molar-refractivity contribution in [2.45, 2.75) is 24.9 Å². The third kappa shape index (κ3) is 5.26. The lowest BCUT2D eigenvalue weighted by atomic mass is 10.2. The summed E-state index contributed by atoms with van der Waals surface area (Å²) in [7, 11) is -7.70. The van der Waals surface area contributed by atoms with Gasteiger partial charge in [-0.1, -0.05) is 5.92 Å². The first-order valence-electron chi connectivity index (χ1n) is 7.10. The van der Waals surface area contributed by atoms with Gasteiger partial charge in [0.05, 0.1) is 19.1 Å². The highest BCUT2D eigenvalue weighted by molar-refractivity contribution is 7.86. The Kier molecular flexibility index (Phi) is 5.73. The summed E-state index contributed by atoms with van der Waals surface area (Å²) in [6.45, 7) is -0.518. The van der Waals surface area contributed by atoms with Gasteiger partial charge >= 0.3 is 5.69 Å². The lowest BCUT2D eigenvalue weighted by Gasteiger charge is -2.17. The molecule has 0 radical (unpaired) electrons. The fourth-order valence-corrected chi connectivity index (χ4v) is 3.37. The second-order valence-corrected chi connectivity index (χ2v) is 8.79. The molecule has 3 atom stereocenters. The van der Waals surface area contributed by atoms with Crippen LogP contribution in [0.15, 0.2) is 15.8 Å². The molecule has 0 amide bonds.